The molecular weight excluding hydrogens is 456 g/mol. The maximum absolute atomic E-state index is 13.8. The van der Waals surface area contributed by atoms with Crippen LogP contribution < -0.4 is 10.1 Å². The molecule has 3 fully saturated rings. The number of amides is 2. The summed E-state index contributed by atoms with van der Waals surface area (Å²) in [6, 6.07) is 14.7. The summed E-state index contributed by atoms with van der Waals surface area (Å²) in [5.41, 5.74) is 2.02. The molecule has 2 aromatic carbocycles. The Kier molecular flexibility index (Phi) is 5.91. The molecular formula is C27H30N6O3. The minimum absolute atomic E-state index is 0.0708. The van der Waals surface area contributed by atoms with Crippen molar-refractivity contribution in [2.45, 2.75) is 63.1 Å². The number of hydrogen-bond donors (Lipinski definition) is 1. The molecule has 36 heavy (non-hydrogen) atoms. The standard InChI is InChI=1S/C27H30N6O3/c1-36-24-12-5-3-10-21(24)27(35)32-22-11-4-2-7-17(22)16-23(32)26(34)28-19-9-6-8-18(15-19)25-29-30-31-33(25)20-13-14-20/h3,5-6,8-10,12,15,17,20,22-23H,2,4,7,11,13-14,16H2,1H3,(H,28,34). The first-order valence-corrected chi connectivity index (χ1v) is 12.8. The fraction of sp³-hybridized carbons (Fsp3) is 0.444. The van der Waals surface area contributed by atoms with Gasteiger partial charge >= 0.3 is 0 Å². The number of methoxy groups -OCH3 is 1. The van der Waals surface area contributed by atoms with E-state index >= 15 is 0 Å². The zero-order chi connectivity index (χ0) is 24.6. The Labute approximate surface area is 209 Å². The average molecular weight is 487 g/mol. The van der Waals surface area contributed by atoms with Gasteiger partial charge < -0.3 is 15.0 Å². The molecule has 3 aromatic rings. The Morgan fingerprint density at radius 3 is 2.69 bits per heavy atom. The van der Waals surface area contributed by atoms with Crippen molar-refractivity contribution in [2.24, 2.45) is 5.92 Å². The maximum Gasteiger partial charge on any atom is 0.258 e. The third-order valence-corrected chi connectivity index (χ3v) is 7.74. The summed E-state index contributed by atoms with van der Waals surface area (Å²) in [4.78, 5) is 29.3. The highest BCUT2D eigenvalue weighted by Crippen LogP contribution is 2.42. The van der Waals surface area contributed by atoms with Crippen molar-refractivity contribution >= 4 is 17.5 Å². The molecule has 1 aliphatic heterocycles. The lowest BCUT2D eigenvalue weighted by atomic mass is 9.84. The van der Waals surface area contributed by atoms with Crippen molar-refractivity contribution < 1.29 is 14.3 Å². The number of likely N-dealkylation sites (tertiary alicyclic amines) is 1. The van der Waals surface area contributed by atoms with Crippen LogP contribution in [0.4, 0.5) is 5.69 Å². The molecule has 2 heterocycles. The largest absolute Gasteiger partial charge is 0.496 e. The van der Waals surface area contributed by atoms with Crippen molar-refractivity contribution in [3.63, 3.8) is 0 Å². The number of nitrogens with zero attached hydrogens (tertiary/aromatic N) is 5. The van der Waals surface area contributed by atoms with E-state index in [1.807, 2.05) is 46.0 Å². The zero-order valence-electron chi connectivity index (χ0n) is 20.3. The molecule has 1 saturated heterocycles. The lowest BCUT2D eigenvalue weighted by Crippen LogP contribution is -2.48. The number of rotatable bonds is 6. The Bertz CT molecular complexity index is 1290. The third kappa shape index (κ3) is 4.12. The predicted molar refractivity (Wildman–Crippen MR) is 133 cm³/mol. The maximum atomic E-state index is 13.8. The van der Waals surface area contributed by atoms with Crippen LogP contribution in [-0.2, 0) is 4.79 Å². The minimum atomic E-state index is -0.532. The summed E-state index contributed by atoms with van der Waals surface area (Å²) < 4.78 is 7.32. The molecule has 9 nitrogen and oxygen atoms in total. The van der Waals surface area contributed by atoms with Crippen LogP contribution in [0.1, 0.15) is 61.3 Å². The highest BCUT2D eigenvalue weighted by molar-refractivity contribution is 6.03. The molecule has 0 spiro atoms. The van der Waals surface area contributed by atoms with Gasteiger partial charge in [0.2, 0.25) is 5.91 Å². The molecule has 0 radical (unpaired) electrons. The monoisotopic (exact) mass is 486 g/mol. The number of anilines is 1. The van der Waals surface area contributed by atoms with Gasteiger partial charge in [-0.15, -0.1) is 5.10 Å². The first-order valence-electron chi connectivity index (χ1n) is 12.8. The number of fused-ring (bicyclic) bond motifs is 1. The fourth-order valence-corrected chi connectivity index (χ4v) is 5.86. The lowest BCUT2D eigenvalue weighted by molar-refractivity contribution is -0.120. The van der Waals surface area contributed by atoms with Gasteiger partial charge in [-0.25, -0.2) is 4.68 Å². The van der Waals surface area contributed by atoms with E-state index in [-0.39, 0.29) is 17.9 Å². The van der Waals surface area contributed by atoms with Crippen LogP contribution in [0.3, 0.4) is 0 Å². The third-order valence-electron chi connectivity index (χ3n) is 7.74. The second-order valence-electron chi connectivity index (χ2n) is 10.0. The number of ether oxygens (including phenoxy) is 1. The Balaban J connectivity index is 1.27. The molecule has 0 bridgehead atoms. The second-order valence-corrected chi connectivity index (χ2v) is 10.0. The van der Waals surface area contributed by atoms with Gasteiger partial charge in [-0.05, 0) is 72.7 Å². The van der Waals surface area contributed by atoms with Crippen LogP contribution >= 0.6 is 0 Å². The van der Waals surface area contributed by atoms with E-state index in [0.717, 1.165) is 44.1 Å². The molecule has 3 unspecified atom stereocenters. The number of aromatic nitrogens is 4. The molecule has 3 aliphatic rings. The van der Waals surface area contributed by atoms with Crippen LogP contribution in [0.25, 0.3) is 11.4 Å². The van der Waals surface area contributed by atoms with E-state index in [1.165, 1.54) is 0 Å². The smallest absolute Gasteiger partial charge is 0.258 e. The molecule has 2 aliphatic carbocycles. The summed E-state index contributed by atoms with van der Waals surface area (Å²) in [7, 11) is 1.57. The number of tetrazole rings is 1. The summed E-state index contributed by atoms with van der Waals surface area (Å²) in [5.74, 6) is 1.27. The van der Waals surface area contributed by atoms with Crippen molar-refractivity contribution in [3.8, 4) is 17.1 Å². The van der Waals surface area contributed by atoms with Gasteiger partial charge in [0.15, 0.2) is 5.82 Å². The van der Waals surface area contributed by atoms with E-state index in [2.05, 4.69) is 20.8 Å². The van der Waals surface area contributed by atoms with E-state index in [4.69, 9.17) is 4.74 Å². The fourth-order valence-electron chi connectivity index (χ4n) is 5.86. The van der Waals surface area contributed by atoms with Crippen LogP contribution in [0.2, 0.25) is 0 Å². The van der Waals surface area contributed by atoms with Gasteiger partial charge in [0.05, 0.1) is 18.7 Å². The van der Waals surface area contributed by atoms with Crippen molar-refractivity contribution in [2.75, 3.05) is 12.4 Å². The highest BCUT2D eigenvalue weighted by atomic mass is 16.5. The SMILES string of the molecule is COc1ccccc1C(=O)N1C(C(=O)Nc2cccc(-c3nnnn3C3CC3)c2)CC2CCCCC21. The van der Waals surface area contributed by atoms with Crippen LogP contribution in [0.5, 0.6) is 5.75 Å². The van der Waals surface area contributed by atoms with Crippen LogP contribution in [0.15, 0.2) is 48.5 Å². The molecule has 186 valence electrons. The van der Waals surface area contributed by atoms with Crippen molar-refractivity contribution in [1.29, 1.82) is 0 Å². The minimum Gasteiger partial charge on any atom is -0.496 e. The van der Waals surface area contributed by atoms with Crippen molar-refractivity contribution in [1.82, 2.24) is 25.1 Å². The molecule has 1 aromatic heterocycles. The number of carbonyl (C=O) groups excluding carboxylic acids is 2. The number of nitrogens with one attached hydrogen (secondary N) is 1. The van der Waals surface area contributed by atoms with Crippen LogP contribution in [-0.4, -0.2) is 56.1 Å². The van der Waals surface area contributed by atoms with Crippen molar-refractivity contribution in [3.05, 3.63) is 54.1 Å². The summed E-state index contributed by atoms with van der Waals surface area (Å²) in [5, 5.41) is 15.3. The van der Waals surface area contributed by atoms with Gasteiger partial charge in [0, 0.05) is 17.3 Å². The molecule has 3 atom stereocenters. The lowest BCUT2D eigenvalue weighted by Gasteiger charge is -2.34. The number of hydrogen-bond acceptors (Lipinski definition) is 6. The summed E-state index contributed by atoms with van der Waals surface area (Å²) in [6.45, 7) is 0. The predicted octanol–water partition coefficient (Wildman–Crippen LogP) is 4.10. The van der Waals surface area contributed by atoms with Crippen LogP contribution in [0, 0.1) is 5.92 Å². The first kappa shape index (κ1) is 22.7. The van der Waals surface area contributed by atoms with Gasteiger partial charge in [-0.3, -0.25) is 9.59 Å². The number of carbonyl (C=O) groups is 2. The first-order chi connectivity index (χ1) is 17.6. The number of para-hydroxylation sites is 1. The number of benzene rings is 2. The zero-order valence-corrected chi connectivity index (χ0v) is 20.3. The Morgan fingerprint density at radius 1 is 1.03 bits per heavy atom. The normalized spacial score (nSPS) is 23.2. The molecule has 2 amide bonds. The topological polar surface area (TPSA) is 102 Å². The molecule has 1 N–H and O–H groups in total. The van der Waals surface area contributed by atoms with Gasteiger partial charge in [0.1, 0.15) is 11.8 Å². The highest BCUT2D eigenvalue weighted by Gasteiger charge is 2.48. The Hall–Kier alpha value is -3.75. The van der Waals surface area contributed by atoms with Gasteiger partial charge in [-0.1, -0.05) is 37.1 Å². The van der Waals surface area contributed by atoms with Gasteiger partial charge in [0.25, 0.3) is 5.91 Å². The molecule has 9 heteroatoms. The van der Waals surface area contributed by atoms with Gasteiger partial charge in [-0.2, -0.15) is 0 Å². The second kappa shape index (κ2) is 9.37. The summed E-state index contributed by atoms with van der Waals surface area (Å²) in [6.07, 6.45) is 7.02. The molecule has 2 saturated carbocycles. The summed E-state index contributed by atoms with van der Waals surface area (Å²) >= 11 is 0. The van der Waals surface area contributed by atoms with E-state index in [9.17, 15) is 9.59 Å². The average Bonchev–Trinajstić information content (AvgIpc) is 3.50. The quantitative estimate of drug-likeness (QED) is 0.563. The Morgan fingerprint density at radius 2 is 1.86 bits per heavy atom. The van der Waals surface area contributed by atoms with E-state index < -0.39 is 6.04 Å². The molecule has 6 rings (SSSR count). The van der Waals surface area contributed by atoms with E-state index in [1.54, 1.807) is 19.2 Å². The van der Waals surface area contributed by atoms with E-state index in [0.29, 0.717) is 41.2 Å².